The number of benzene rings is 2. The third kappa shape index (κ3) is 5.97. The third-order valence-electron chi connectivity index (χ3n) is 5.55. The van der Waals surface area contributed by atoms with Gasteiger partial charge in [-0.2, -0.15) is 0 Å². The van der Waals surface area contributed by atoms with E-state index < -0.39 is 0 Å². The van der Waals surface area contributed by atoms with Crippen LogP contribution in [-0.2, 0) is 11.3 Å². The molecular weight excluding hydrogens is 378 g/mol. The van der Waals surface area contributed by atoms with Gasteiger partial charge in [-0.15, -0.1) is 0 Å². The normalized spacial score (nSPS) is 15.2. The molecule has 0 bridgehead atoms. The number of rotatable bonds is 8. The van der Waals surface area contributed by atoms with E-state index in [1.807, 2.05) is 24.3 Å². The van der Waals surface area contributed by atoms with Crippen LogP contribution in [0.2, 0.25) is 0 Å². The van der Waals surface area contributed by atoms with E-state index in [9.17, 15) is 4.79 Å². The number of carbonyl (C=O) groups excluding carboxylic acids is 1. The van der Waals surface area contributed by atoms with Crippen LogP contribution in [0.1, 0.15) is 30.9 Å². The largest absolute Gasteiger partial charge is 0.493 e. The molecule has 1 heterocycles. The van der Waals surface area contributed by atoms with Gasteiger partial charge in [-0.1, -0.05) is 32.0 Å². The molecule has 0 aliphatic carbocycles. The summed E-state index contributed by atoms with van der Waals surface area (Å²) >= 11 is 0. The number of nitrogens with one attached hydrogen (secondary N) is 1. The molecule has 30 heavy (non-hydrogen) atoms. The number of piperazine rings is 1. The quantitative estimate of drug-likeness (QED) is 0.720. The molecule has 0 unspecified atom stereocenters. The predicted molar refractivity (Wildman–Crippen MR) is 120 cm³/mol. The number of anilines is 1. The molecule has 0 radical (unpaired) electrons. The highest BCUT2D eigenvalue weighted by atomic mass is 16.5. The maximum absolute atomic E-state index is 12.4. The number of hydrogen-bond acceptors (Lipinski definition) is 5. The minimum atomic E-state index is 0.0423. The highest BCUT2D eigenvalue weighted by Crippen LogP contribution is 2.28. The molecule has 1 N–H and O–H groups in total. The molecule has 3 rings (SSSR count). The number of methoxy groups -OCH3 is 2. The van der Waals surface area contributed by atoms with Gasteiger partial charge in [-0.05, 0) is 41.3 Å². The van der Waals surface area contributed by atoms with Crippen LogP contribution in [0.15, 0.2) is 42.5 Å². The van der Waals surface area contributed by atoms with Crippen molar-refractivity contribution in [1.82, 2.24) is 9.80 Å². The van der Waals surface area contributed by atoms with Gasteiger partial charge in [0, 0.05) is 38.4 Å². The van der Waals surface area contributed by atoms with Gasteiger partial charge in [0.1, 0.15) is 0 Å². The summed E-state index contributed by atoms with van der Waals surface area (Å²) in [6.45, 7) is 9.25. The molecule has 6 heteroatoms. The SMILES string of the molecule is COc1ccc(CN2CCN(CC(=O)Nc3ccc(C(C)C)cc3)CC2)cc1OC. The van der Waals surface area contributed by atoms with Crippen molar-refractivity contribution in [2.24, 2.45) is 0 Å². The first kappa shape index (κ1) is 22.1. The molecule has 162 valence electrons. The van der Waals surface area contributed by atoms with Crippen molar-refractivity contribution in [2.75, 3.05) is 52.3 Å². The average Bonchev–Trinajstić information content (AvgIpc) is 2.75. The van der Waals surface area contributed by atoms with Gasteiger partial charge < -0.3 is 14.8 Å². The van der Waals surface area contributed by atoms with Crippen LogP contribution < -0.4 is 14.8 Å². The molecule has 0 spiro atoms. The Morgan fingerprint density at radius 1 is 0.933 bits per heavy atom. The molecule has 0 atom stereocenters. The first-order valence-electron chi connectivity index (χ1n) is 10.5. The fraction of sp³-hybridized carbons (Fsp3) is 0.458. The summed E-state index contributed by atoms with van der Waals surface area (Å²) in [5, 5.41) is 3.01. The van der Waals surface area contributed by atoms with Gasteiger partial charge in [-0.3, -0.25) is 14.6 Å². The van der Waals surface area contributed by atoms with E-state index in [1.165, 1.54) is 11.1 Å². The zero-order chi connectivity index (χ0) is 21.5. The Bertz CT molecular complexity index is 828. The minimum Gasteiger partial charge on any atom is -0.493 e. The van der Waals surface area contributed by atoms with Crippen molar-refractivity contribution in [2.45, 2.75) is 26.3 Å². The number of ether oxygens (including phenoxy) is 2. The Morgan fingerprint density at radius 2 is 1.57 bits per heavy atom. The van der Waals surface area contributed by atoms with Crippen molar-refractivity contribution in [3.8, 4) is 11.5 Å². The van der Waals surface area contributed by atoms with Gasteiger partial charge in [0.2, 0.25) is 5.91 Å². The summed E-state index contributed by atoms with van der Waals surface area (Å²) < 4.78 is 10.7. The maximum Gasteiger partial charge on any atom is 0.238 e. The molecule has 0 saturated carbocycles. The van der Waals surface area contributed by atoms with E-state index in [0.717, 1.165) is 49.9 Å². The van der Waals surface area contributed by atoms with Crippen molar-refractivity contribution in [3.05, 3.63) is 53.6 Å². The smallest absolute Gasteiger partial charge is 0.238 e. The van der Waals surface area contributed by atoms with E-state index >= 15 is 0 Å². The van der Waals surface area contributed by atoms with Gasteiger partial charge in [0.25, 0.3) is 0 Å². The maximum atomic E-state index is 12.4. The minimum absolute atomic E-state index is 0.0423. The van der Waals surface area contributed by atoms with Crippen molar-refractivity contribution in [3.63, 3.8) is 0 Å². The second-order valence-electron chi connectivity index (χ2n) is 8.07. The second-order valence-corrected chi connectivity index (χ2v) is 8.07. The van der Waals surface area contributed by atoms with Crippen LogP contribution >= 0.6 is 0 Å². The van der Waals surface area contributed by atoms with Crippen molar-refractivity contribution < 1.29 is 14.3 Å². The average molecular weight is 412 g/mol. The van der Waals surface area contributed by atoms with Crippen LogP contribution in [0, 0.1) is 0 Å². The second kappa shape index (κ2) is 10.5. The summed E-state index contributed by atoms with van der Waals surface area (Å²) in [6.07, 6.45) is 0. The number of carbonyl (C=O) groups is 1. The summed E-state index contributed by atoms with van der Waals surface area (Å²) in [7, 11) is 3.30. The lowest BCUT2D eigenvalue weighted by atomic mass is 10.0. The molecule has 2 aromatic carbocycles. The van der Waals surface area contributed by atoms with Gasteiger partial charge in [0.05, 0.1) is 20.8 Å². The number of amides is 1. The third-order valence-corrected chi connectivity index (χ3v) is 5.55. The zero-order valence-electron chi connectivity index (χ0n) is 18.5. The molecule has 0 aromatic heterocycles. The van der Waals surface area contributed by atoms with Gasteiger partial charge in [-0.25, -0.2) is 0 Å². The van der Waals surface area contributed by atoms with Gasteiger partial charge in [0.15, 0.2) is 11.5 Å². The number of hydrogen-bond donors (Lipinski definition) is 1. The Morgan fingerprint density at radius 3 is 2.17 bits per heavy atom. The van der Waals surface area contributed by atoms with Crippen LogP contribution in [-0.4, -0.2) is 62.7 Å². The molecule has 1 aliphatic rings. The Kier molecular flexibility index (Phi) is 7.71. The Balaban J connectivity index is 1.44. The molecule has 1 aliphatic heterocycles. The Labute approximate surface area is 179 Å². The molecular formula is C24H33N3O3. The van der Waals surface area contributed by atoms with E-state index in [-0.39, 0.29) is 5.91 Å². The fourth-order valence-electron chi connectivity index (χ4n) is 3.70. The highest BCUT2D eigenvalue weighted by molar-refractivity contribution is 5.92. The van der Waals surface area contributed by atoms with E-state index in [1.54, 1.807) is 14.2 Å². The summed E-state index contributed by atoms with van der Waals surface area (Å²) in [5.41, 5.74) is 3.33. The van der Waals surface area contributed by atoms with Crippen molar-refractivity contribution >= 4 is 11.6 Å². The lowest BCUT2D eigenvalue weighted by molar-refractivity contribution is -0.117. The first-order valence-corrected chi connectivity index (χ1v) is 10.5. The highest BCUT2D eigenvalue weighted by Gasteiger charge is 2.19. The summed E-state index contributed by atoms with van der Waals surface area (Å²) in [5.74, 6) is 2.04. The monoisotopic (exact) mass is 411 g/mol. The standard InChI is InChI=1S/C24H33N3O3/c1-18(2)20-6-8-21(9-7-20)25-24(28)17-27-13-11-26(12-14-27)16-19-5-10-22(29-3)23(15-19)30-4/h5-10,15,18H,11-14,16-17H2,1-4H3,(H,25,28). The molecule has 2 aromatic rings. The molecule has 6 nitrogen and oxygen atoms in total. The van der Waals surface area contributed by atoms with Gasteiger partial charge >= 0.3 is 0 Å². The van der Waals surface area contributed by atoms with Crippen LogP contribution in [0.4, 0.5) is 5.69 Å². The van der Waals surface area contributed by atoms with Crippen LogP contribution in [0.5, 0.6) is 11.5 Å². The summed E-state index contributed by atoms with van der Waals surface area (Å²) in [4.78, 5) is 17.0. The first-order chi connectivity index (χ1) is 14.5. The fourth-order valence-corrected chi connectivity index (χ4v) is 3.70. The lowest BCUT2D eigenvalue weighted by Crippen LogP contribution is -2.48. The molecule has 1 amide bonds. The Hall–Kier alpha value is -2.57. The van der Waals surface area contributed by atoms with Crippen molar-refractivity contribution in [1.29, 1.82) is 0 Å². The lowest BCUT2D eigenvalue weighted by Gasteiger charge is -2.34. The number of nitrogens with zero attached hydrogens (tertiary/aromatic N) is 2. The predicted octanol–water partition coefficient (Wildman–Crippen LogP) is 3.58. The topological polar surface area (TPSA) is 54.0 Å². The van der Waals surface area contributed by atoms with Crippen LogP contribution in [0.3, 0.4) is 0 Å². The molecule has 1 saturated heterocycles. The zero-order valence-corrected chi connectivity index (χ0v) is 18.5. The van der Waals surface area contributed by atoms with Crippen LogP contribution in [0.25, 0.3) is 0 Å². The van der Waals surface area contributed by atoms with E-state index in [0.29, 0.717) is 12.5 Å². The van der Waals surface area contributed by atoms with E-state index in [4.69, 9.17) is 9.47 Å². The summed E-state index contributed by atoms with van der Waals surface area (Å²) in [6, 6.07) is 14.2. The molecule has 1 fully saturated rings. The van der Waals surface area contributed by atoms with E-state index in [2.05, 4.69) is 47.2 Å².